The minimum absolute atomic E-state index is 0.148. The molecule has 0 bridgehead atoms. The Hall–Kier alpha value is -2.04. The molecule has 2 aromatic rings. The van der Waals surface area contributed by atoms with E-state index in [1.165, 1.54) is 0 Å². The predicted octanol–water partition coefficient (Wildman–Crippen LogP) is 2.13. The maximum atomic E-state index is 12.1. The van der Waals surface area contributed by atoms with E-state index in [9.17, 15) is 4.79 Å². The Labute approximate surface area is 112 Å². The largest absolute Gasteiger partial charge is 0.399 e. The van der Waals surface area contributed by atoms with Gasteiger partial charge in [0.2, 0.25) is 5.95 Å². The lowest BCUT2D eigenvalue weighted by Crippen LogP contribution is -2.33. The summed E-state index contributed by atoms with van der Waals surface area (Å²) in [5, 5.41) is 0.529. The van der Waals surface area contributed by atoms with Crippen molar-refractivity contribution in [3.8, 4) is 0 Å². The number of hydrogen-bond donors (Lipinski definition) is 2. The first-order chi connectivity index (χ1) is 9.06. The summed E-state index contributed by atoms with van der Waals surface area (Å²) in [5.41, 5.74) is 6.79. The van der Waals surface area contributed by atoms with Crippen molar-refractivity contribution in [2.45, 2.75) is 32.7 Å². The molecule has 19 heavy (non-hydrogen) atoms. The van der Waals surface area contributed by atoms with Gasteiger partial charge in [-0.05, 0) is 31.0 Å². The minimum atomic E-state index is -0.148. The second-order valence-electron chi connectivity index (χ2n) is 4.75. The van der Waals surface area contributed by atoms with Gasteiger partial charge in [0.25, 0.3) is 5.56 Å². The van der Waals surface area contributed by atoms with Crippen LogP contribution in [0.4, 0.5) is 11.6 Å². The van der Waals surface area contributed by atoms with Crippen LogP contribution in [0.3, 0.4) is 0 Å². The molecule has 102 valence electrons. The highest BCUT2D eigenvalue weighted by molar-refractivity contribution is 5.81. The first kappa shape index (κ1) is 13.4. The first-order valence-electron chi connectivity index (χ1n) is 6.59. The number of hydrogen-bond acceptors (Lipinski definition) is 4. The molecule has 0 unspecified atom stereocenters. The molecule has 1 heterocycles. The Balaban J connectivity index is 2.52. The van der Waals surface area contributed by atoms with E-state index in [0.29, 0.717) is 28.6 Å². The topological polar surface area (TPSA) is 75.0 Å². The maximum Gasteiger partial charge on any atom is 0.260 e. The van der Waals surface area contributed by atoms with Gasteiger partial charge in [-0.2, -0.15) is 0 Å². The molecule has 0 fully saturated rings. The molecule has 0 spiro atoms. The van der Waals surface area contributed by atoms with Crippen LogP contribution in [0.2, 0.25) is 0 Å². The van der Waals surface area contributed by atoms with Crippen molar-refractivity contribution in [2.24, 2.45) is 0 Å². The number of aromatic amines is 1. The highest BCUT2D eigenvalue weighted by Crippen LogP contribution is 2.17. The second kappa shape index (κ2) is 5.30. The zero-order valence-electron chi connectivity index (χ0n) is 11.6. The summed E-state index contributed by atoms with van der Waals surface area (Å²) in [6.45, 7) is 4.26. The zero-order chi connectivity index (χ0) is 14.0. The molecule has 1 aromatic heterocycles. The van der Waals surface area contributed by atoms with E-state index in [0.717, 1.165) is 12.8 Å². The average molecular weight is 260 g/mol. The third-order valence-electron chi connectivity index (χ3n) is 3.54. The molecule has 0 aliphatic carbocycles. The molecule has 0 radical (unpaired) electrons. The summed E-state index contributed by atoms with van der Waals surface area (Å²) in [7, 11) is 1.96. The first-order valence-corrected chi connectivity index (χ1v) is 6.59. The molecule has 5 heteroatoms. The number of nitrogens with two attached hydrogens (primary N) is 1. The molecular weight excluding hydrogens is 240 g/mol. The fourth-order valence-corrected chi connectivity index (χ4v) is 2.32. The Bertz CT molecular complexity index is 631. The molecular formula is C14H20N4O. The molecule has 0 aliphatic heterocycles. The van der Waals surface area contributed by atoms with Crippen LogP contribution in [-0.2, 0) is 0 Å². The quantitative estimate of drug-likeness (QED) is 0.826. The van der Waals surface area contributed by atoms with Crippen LogP contribution < -0.4 is 16.2 Å². The third kappa shape index (κ3) is 2.54. The molecule has 0 atom stereocenters. The van der Waals surface area contributed by atoms with Gasteiger partial charge in [0, 0.05) is 18.8 Å². The van der Waals surface area contributed by atoms with Gasteiger partial charge in [-0.25, -0.2) is 4.98 Å². The van der Waals surface area contributed by atoms with Crippen molar-refractivity contribution in [1.29, 1.82) is 0 Å². The molecule has 0 saturated carbocycles. The second-order valence-corrected chi connectivity index (χ2v) is 4.75. The number of H-pyrrole nitrogens is 1. The van der Waals surface area contributed by atoms with Crippen LogP contribution in [0.1, 0.15) is 26.7 Å². The molecule has 0 aliphatic rings. The number of aromatic nitrogens is 2. The Morgan fingerprint density at radius 2 is 2.05 bits per heavy atom. The van der Waals surface area contributed by atoms with Crippen LogP contribution >= 0.6 is 0 Å². The highest BCUT2D eigenvalue weighted by atomic mass is 16.1. The smallest absolute Gasteiger partial charge is 0.260 e. The maximum absolute atomic E-state index is 12.1. The summed E-state index contributed by atoms with van der Waals surface area (Å²) in [6.07, 6.45) is 2.02. The number of nitrogen functional groups attached to an aromatic ring is 1. The number of nitrogens with one attached hydrogen (secondary N) is 1. The number of fused-ring (bicyclic) bond motifs is 1. The highest BCUT2D eigenvalue weighted by Gasteiger charge is 2.14. The van der Waals surface area contributed by atoms with Crippen molar-refractivity contribution in [3.05, 3.63) is 28.6 Å². The molecule has 1 aromatic carbocycles. The molecule has 5 nitrogen and oxygen atoms in total. The van der Waals surface area contributed by atoms with Crippen LogP contribution in [0.15, 0.2) is 23.0 Å². The van der Waals surface area contributed by atoms with E-state index in [2.05, 4.69) is 23.8 Å². The predicted molar refractivity (Wildman–Crippen MR) is 79.5 cm³/mol. The Kier molecular flexibility index (Phi) is 3.74. The van der Waals surface area contributed by atoms with Gasteiger partial charge in [0.1, 0.15) is 0 Å². The van der Waals surface area contributed by atoms with Gasteiger partial charge in [-0.1, -0.05) is 13.8 Å². The normalized spacial score (nSPS) is 11.2. The van der Waals surface area contributed by atoms with Gasteiger partial charge in [-0.15, -0.1) is 0 Å². The van der Waals surface area contributed by atoms with E-state index in [4.69, 9.17) is 5.73 Å². The van der Waals surface area contributed by atoms with E-state index in [-0.39, 0.29) is 5.56 Å². The Morgan fingerprint density at radius 3 is 2.68 bits per heavy atom. The molecule has 3 N–H and O–H groups in total. The van der Waals surface area contributed by atoms with E-state index >= 15 is 0 Å². The van der Waals surface area contributed by atoms with Gasteiger partial charge >= 0.3 is 0 Å². The average Bonchev–Trinajstić information content (AvgIpc) is 2.40. The number of nitrogens with zero attached hydrogens (tertiary/aromatic N) is 2. The summed E-state index contributed by atoms with van der Waals surface area (Å²) >= 11 is 0. The molecule has 0 amide bonds. The lowest BCUT2D eigenvalue weighted by atomic mass is 10.1. The summed E-state index contributed by atoms with van der Waals surface area (Å²) < 4.78 is 0. The minimum Gasteiger partial charge on any atom is -0.399 e. The van der Waals surface area contributed by atoms with E-state index < -0.39 is 0 Å². The van der Waals surface area contributed by atoms with Crippen LogP contribution in [0.5, 0.6) is 0 Å². The van der Waals surface area contributed by atoms with Crippen molar-refractivity contribution < 1.29 is 0 Å². The monoisotopic (exact) mass is 260 g/mol. The lowest BCUT2D eigenvalue weighted by Gasteiger charge is -2.26. The van der Waals surface area contributed by atoms with Crippen LogP contribution in [-0.4, -0.2) is 23.1 Å². The van der Waals surface area contributed by atoms with Gasteiger partial charge in [0.05, 0.1) is 10.9 Å². The number of anilines is 2. The van der Waals surface area contributed by atoms with E-state index in [1.54, 1.807) is 18.2 Å². The fraction of sp³-hybridized carbons (Fsp3) is 0.429. The van der Waals surface area contributed by atoms with Crippen LogP contribution in [0, 0.1) is 0 Å². The number of benzene rings is 1. The van der Waals surface area contributed by atoms with E-state index in [1.807, 2.05) is 11.9 Å². The molecule has 0 saturated heterocycles. The van der Waals surface area contributed by atoms with Gasteiger partial charge < -0.3 is 10.6 Å². The zero-order valence-corrected chi connectivity index (χ0v) is 11.6. The van der Waals surface area contributed by atoms with Gasteiger partial charge in [-0.3, -0.25) is 9.78 Å². The third-order valence-corrected chi connectivity index (χ3v) is 3.54. The number of rotatable bonds is 4. The van der Waals surface area contributed by atoms with Crippen molar-refractivity contribution >= 4 is 22.5 Å². The Morgan fingerprint density at radius 1 is 1.37 bits per heavy atom. The SMILES string of the molecule is CCC(CC)N(C)c1nc2ccc(N)cc2c(=O)[nH]1. The van der Waals surface area contributed by atoms with Crippen LogP contribution in [0.25, 0.3) is 10.9 Å². The lowest BCUT2D eigenvalue weighted by molar-refractivity contribution is 0.581. The van der Waals surface area contributed by atoms with Crippen molar-refractivity contribution in [1.82, 2.24) is 9.97 Å². The molecule has 2 rings (SSSR count). The fourth-order valence-electron chi connectivity index (χ4n) is 2.32. The van der Waals surface area contributed by atoms with Crippen molar-refractivity contribution in [3.63, 3.8) is 0 Å². The summed E-state index contributed by atoms with van der Waals surface area (Å²) in [6, 6.07) is 5.57. The van der Waals surface area contributed by atoms with Gasteiger partial charge in [0.15, 0.2) is 0 Å². The van der Waals surface area contributed by atoms with Crippen molar-refractivity contribution in [2.75, 3.05) is 17.7 Å². The summed E-state index contributed by atoms with van der Waals surface area (Å²) in [4.78, 5) is 21.4. The standard InChI is InChI=1S/C14H20N4O/c1-4-10(5-2)18(3)14-16-12-7-6-9(15)8-11(12)13(19)17-14/h6-8,10H,4-5,15H2,1-3H3,(H,16,17,19). The summed E-state index contributed by atoms with van der Waals surface area (Å²) in [5.74, 6) is 0.607.